The highest BCUT2D eigenvalue weighted by Crippen LogP contribution is 2.41. The highest BCUT2D eigenvalue weighted by Gasteiger charge is 2.36. The number of carbonyl (C=O) groups excluding carboxylic acids is 1. The molecule has 14 heteroatoms. The van der Waals surface area contributed by atoms with Crippen LogP contribution in [0.3, 0.4) is 0 Å². The fourth-order valence-electron chi connectivity index (χ4n) is 5.28. The first-order chi connectivity index (χ1) is 23.6. The maximum absolute atomic E-state index is 14.3. The van der Waals surface area contributed by atoms with Gasteiger partial charge in [0.2, 0.25) is 0 Å². The number of allylic oxidation sites excluding steroid dienone is 1. The number of esters is 1. The summed E-state index contributed by atoms with van der Waals surface area (Å²) < 4.78 is 36.7. The summed E-state index contributed by atoms with van der Waals surface area (Å²) in [6.45, 7) is 4.35. The van der Waals surface area contributed by atoms with E-state index in [1.165, 1.54) is 30.1 Å². The molecule has 0 bridgehead atoms. The maximum Gasteiger partial charge on any atom is 0.338 e. The van der Waals surface area contributed by atoms with Crippen molar-refractivity contribution in [2.45, 2.75) is 26.5 Å². The zero-order valence-electron chi connectivity index (χ0n) is 27.3. The number of ether oxygens (including phenoxy) is 6. The standard InChI is InChI=1S/C35H33Cl2IN2O8S/c1-6-46-31-23(8-7-9-26(31)44-4)30-29(34(42)47-13-12-43-3)19(2)39-35-40(30)33(41)28(49-35)16-20-14-25(38)32(27(15-20)45-5)48-18-21-10-11-22(36)17-24(21)37/h7-11,14-17,30H,6,12-13,18H2,1-5H3/b28-16+/t30-/m0/s1. The number of hydrogen-bond acceptors (Lipinski definition) is 10. The number of aromatic nitrogens is 1. The molecule has 0 aliphatic carbocycles. The van der Waals surface area contributed by atoms with Crippen LogP contribution in [0, 0.1) is 3.57 Å². The Balaban J connectivity index is 1.61. The molecule has 3 aromatic carbocycles. The van der Waals surface area contributed by atoms with Gasteiger partial charge in [0, 0.05) is 28.3 Å². The van der Waals surface area contributed by atoms with E-state index in [9.17, 15) is 9.59 Å². The van der Waals surface area contributed by atoms with Crippen LogP contribution in [-0.2, 0) is 20.9 Å². The topological polar surface area (TPSA) is 107 Å². The zero-order chi connectivity index (χ0) is 35.2. The van der Waals surface area contributed by atoms with E-state index in [0.29, 0.717) is 65.8 Å². The molecule has 0 saturated carbocycles. The summed E-state index contributed by atoms with van der Waals surface area (Å²) in [6.07, 6.45) is 1.76. The van der Waals surface area contributed by atoms with Crippen LogP contribution in [0.4, 0.5) is 0 Å². The second kappa shape index (κ2) is 16.4. The zero-order valence-corrected chi connectivity index (χ0v) is 31.8. The molecule has 1 aliphatic heterocycles. The summed E-state index contributed by atoms with van der Waals surface area (Å²) in [6, 6.07) is 13.3. The quantitative estimate of drug-likeness (QED) is 0.0875. The summed E-state index contributed by atoms with van der Waals surface area (Å²) in [7, 11) is 4.60. The Morgan fingerprint density at radius 3 is 2.49 bits per heavy atom. The van der Waals surface area contributed by atoms with Crippen molar-refractivity contribution in [3.05, 3.63) is 110 Å². The van der Waals surface area contributed by atoms with Crippen molar-refractivity contribution in [3.63, 3.8) is 0 Å². The fourth-order valence-corrected chi connectivity index (χ4v) is 7.57. The Morgan fingerprint density at radius 1 is 1.02 bits per heavy atom. The molecule has 0 N–H and O–H groups in total. The van der Waals surface area contributed by atoms with Gasteiger partial charge in [0.05, 0.1) is 46.8 Å². The van der Waals surface area contributed by atoms with Gasteiger partial charge in [-0.2, -0.15) is 0 Å². The number of halogens is 3. The predicted molar refractivity (Wildman–Crippen MR) is 197 cm³/mol. The van der Waals surface area contributed by atoms with Crippen LogP contribution >= 0.6 is 57.1 Å². The molecule has 0 fully saturated rings. The maximum atomic E-state index is 14.3. The van der Waals surface area contributed by atoms with Crippen molar-refractivity contribution in [1.82, 2.24) is 4.57 Å². The van der Waals surface area contributed by atoms with Gasteiger partial charge in [0.1, 0.15) is 19.3 Å². The molecule has 0 saturated heterocycles. The minimum absolute atomic E-state index is 0.0343. The molecule has 1 aliphatic rings. The average Bonchev–Trinajstić information content (AvgIpc) is 3.37. The molecular weight excluding hydrogens is 806 g/mol. The van der Waals surface area contributed by atoms with E-state index in [1.54, 1.807) is 62.6 Å². The van der Waals surface area contributed by atoms with Crippen LogP contribution in [0.5, 0.6) is 23.0 Å². The van der Waals surface area contributed by atoms with E-state index in [0.717, 1.165) is 9.13 Å². The molecule has 4 aromatic rings. The monoisotopic (exact) mass is 838 g/mol. The lowest BCUT2D eigenvalue weighted by Gasteiger charge is -2.27. The smallest absolute Gasteiger partial charge is 0.338 e. The summed E-state index contributed by atoms with van der Waals surface area (Å²) in [4.78, 5) is 33.0. The molecule has 5 rings (SSSR count). The van der Waals surface area contributed by atoms with E-state index < -0.39 is 12.0 Å². The third-order valence-electron chi connectivity index (χ3n) is 7.51. The first-order valence-electron chi connectivity index (χ1n) is 15.0. The van der Waals surface area contributed by atoms with Gasteiger partial charge >= 0.3 is 5.97 Å². The van der Waals surface area contributed by atoms with Gasteiger partial charge < -0.3 is 28.4 Å². The van der Waals surface area contributed by atoms with Crippen LogP contribution in [0.15, 0.2) is 69.6 Å². The third-order valence-corrected chi connectivity index (χ3v) is 9.88. The van der Waals surface area contributed by atoms with E-state index >= 15 is 0 Å². The number of carbonyl (C=O) groups is 1. The number of nitrogens with zero attached hydrogens (tertiary/aromatic N) is 2. The number of benzene rings is 3. The van der Waals surface area contributed by atoms with Crippen molar-refractivity contribution in [2.75, 3.05) is 41.2 Å². The summed E-state index contributed by atoms with van der Waals surface area (Å²) >= 11 is 15.8. The first kappa shape index (κ1) is 36.7. The number of para-hydroxylation sites is 1. The Morgan fingerprint density at radius 2 is 1.80 bits per heavy atom. The van der Waals surface area contributed by atoms with Gasteiger partial charge in [-0.3, -0.25) is 9.36 Å². The predicted octanol–water partition coefficient (Wildman–Crippen LogP) is 6.33. The van der Waals surface area contributed by atoms with Crippen molar-refractivity contribution >= 4 is 69.2 Å². The summed E-state index contributed by atoms with van der Waals surface area (Å²) in [5.41, 5.74) is 2.31. The van der Waals surface area contributed by atoms with Crippen LogP contribution in [-0.4, -0.2) is 51.7 Å². The fraction of sp³-hybridized carbons (Fsp3) is 0.286. The molecule has 1 aromatic heterocycles. The highest BCUT2D eigenvalue weighted by atomic mass is 127. The molecular formula is C35H33Cl2IN2O8S. The van der Waals surface area contributed by atoms with Gasteiger partial charge in [0.25, 0.3) is 5.56 Å². The Kier molecular flexibility index (Phi) is 12.3. The second-order valence-electron chi connectivity index (χ2n) is 10.6. The van der Waals surface area contributed by atoms with Crippen molar-refractivity contribution in [1.29, 1.82) is 0 Å². The van der Waals surface area contributed by atoms with Crippen LogP contribution in [0.1, 0.15) is 36.6 Å². The lowest BCUT2D eigenvalue weighted by molar-refractivity contribution is -0.140. The van der Waals surface area contributed by atoms with Crippen molar-refractivity contribution in [3.8, 4) is 23.0 Å². The van der Waals surface area contributed by atoms with E-state index in [1.807, 2.05) is 13.0 Å². The second-order valence-corrected chi connectivity index (χ2v) is 13.6. The number of fused-ring (bicyclic) bond motifs is 1. The normalized spacial score (nSPS) is 14.3. The summed E-state index contributed by atoms with van der Waals surface area (Å²) in [5.74, 6) is 1.27. The van der Waals surface area contributed by atoms with Gasteiger partial charge in [-0.25, -0.2) is 9.79 Å². The Bertz CT molecular complexity index is 2100. The van der Waals surface area contributed by atoms with Gasteiger partial charge in [-0.05, 0) is 78.4 Å². The molecule has 0 spiro atoms. The van der Waals surface area contributed by atoms with E-state index in [4.69, 9.17) is 56.6 Å². The minimum Gasteiger partial charge on any atom is -0.493 e. The molecule has 258 valence electrons. The average molecular weight is 840 g/mol. The molecule has 2 heterocycles. The van der Waals surface area contributed by atoms with E-state index in [2.05, 4.69) is 22.6 Å². The largest absolute Gasteiger partial charge is 0.493 e. The molecule has 0 unspecified atom stereocenters. The van der Waals surface area contributed by atoms with Crippen LogP contribution in [0.25, 0.3) is 6.08 Å². The molecule has 1 atom stereocenters. The number of thiazole rings is 1. The van der Waals surface area contributed by atoms with E-state index in [-0.39, 0.29) is 31.0 Å². The lowest BCUT2D eigenvalue weighted by Crippen LogP contribution is -2.40. The molecule has 10 nitrogen and oxygen atoms in total. The highest BCUT2D eigenvalue weighted by molar-refractivity contribution is 14.1. The first-order valence-corrected chi connectivity index (χ1v) is 17.7. The Hall–Kier alpha value is -3.56. The number of rotatable bonds is 13. The van der Waals surface area contributed by atoms with Gasteiger partial charge in [-0.1, -0.05) is 52.7 Å². The van der Waals surface area contributed by atoms with Crippen LogP contribution in [0.2, 0.25) is 10.0 Å². The molecule has 0 amide bonds. The Labute approximate surface area is 310 Å². The van der Waals surface area contributed by atoms with Gasteiger partial charge in [0.15, 0.2) is 27.8 Å². The molecule has 0 radical (unpaired) electrons. The van der Waals surface area contributed by atoms with Gasteiger partial charge in [-0.15, -0.1) is 0 Å². The van der Waals surface area contributed by atoms with Crippen molar-refractivity contribution in [2.24, 2.45) is 4.99 Å². The molecule has 49 heavy (non-hydrogen) atoms. The SMILES string of the molecule is CCOc1c(OC)cccc1[C@H]1C(C(=O)OCCOC)=C(C)N=c2s/c(=C/c3cc(I)c(OCc4ccc(Cl)cc4Cl)c(OC)c3)c(=O)n21. The summed E-state index contributed by atoms with van der Waals surface area (Å²) in [5, 5.41) is 1.03. The number of hydrogen-bond donors (Lipinski definition) is 0. The third kappa shape index (κ3) is 7.93. The lowest BCUT2D eigenvalue weighted by atomic mass is 9.94. The number of methoxy groups -OCH3 is 3. The van der Waals surface area contributed by atoms with Crippen LogP contribution < -0.4 is 33.8 Å². The van der Waals surface area contributed by atoms with Crippen molar-refractivity contribution < 1.29 is 33.2 Å². The minimum atomic E-state index is -0.907.